The Bertz CT molecular complexity index is 1110. The highest BCUT2D eigenvalue weighted by Gasteiger charge is 2.30. The fourth-order valence-electron chi connectivity index (χ4n) is 2.72. The van der Waals surface area contributed by atoms with Crippen molar-refractivity contribution in [1.82, 2.24) is 9.88 Å². The summed E-state index contributed by atoms with van der Waals surface area (Å²) in [5.74, 6) is -0.474. The van der Waals surface area contributed by atoms with Crippen molar-refractivity contribution in [2.24, 2.45) is 0 Å². The molecule has 0 unspecified atom stereocenters. The third-order valence-electron chi connectivity index (χ3n) is 4.39. The maximum atomic E-state index is 12.9. The van der Waals surface area contributed by atoms with Gasteiger partial charge in [0, 0.05) is 31.6 Å². The molecule has 0 bridgehead atoms. The fraction of sp³-hybridized carbons (Fsp3) is 0.227. The van der Waals surface area contributed by atoms with Gasteiger partial charge in [-0.15, -0.1) is 11.3 Å². The van der Waals surface area contributed by atoms with Gasteiger partial charge in [-0.3, -0.25) is 14.9 Å². The van der Waals surface area contributed by atoms with Crippen LogP contribution >= 0.6 is 11.3 Å². The Kier molecular flexibility index (Phi) is 7.14. The molecule has 3 aromatic rings. The second-order valence-electron chi connectivity index (χ2n) is 7.03. The van der Waals surface area contributed by atoms with Gasteiger partial charge in [-0.05, 0) is 23.8 Å². The van der Waals surface area contributed by atoms with E-state index >= 15 is 0 Å². The number of carbonyl (C=O) groups excluding carboxylic acids is 2. The highest BCUT2D eigenvalue weighted by atomic mass is 32.1. The lowest BCUT2D eigenvalue weighted by Crippen LogP contribution is -2.28. The van der Waals surface area contributed by atoms with Crippen LogP contribution in [0.2, 0.25) is 0 Å². The summed E-state index contributed by atoms with van der Waals surface area (Å²) in [4.78, 5) is 30.7. The Labute approximate surface area is 186 Å². The van der Waals surface area contributed by atoms with Crippen molar-refractivity contribution in [2.75, 3.05) is 26.0 Å². The lowest BCUT2D eigenvalue weighted by Gasteiger charge is -2.13. The average Bonchev–Trinajstić information content (AvgIpc) is 3.18. The number of amides is 2. The third-order valence-corrected chi connectivity index (χ3v) is 5.30. The van der Waals surface area contributed by atoms with Crippen LogP contribution in [0, 0.1) is 0 Å². The van der Waals surface area contributed by atoms with Gasteiger partial charge >= 0.3 is 6.18 Å². The predicted octanol–water partition coefficient (Wildman–Crippen LogP) is 4.47. The highest BCUT2D eigenvalue weighted by molar-refractivity contribution is 7.15. The first kappa shape index (κ1) is 23.3. The molecule has 168 valence electrons. The van der Waals surface area contributed by atoms with Crippen LogP contribution in [0.3, 0.4) is 0 Å². The number of para-hydroxylation sites is 1. The maximum Gasteiger partial charge on any atom is 0.416 e. The van der Waals surface area contributed by atoms with E-state index in [2.05, 4.69) is 10.3 Å². The summed E-state index contributed by atoms with van der Waals surface area (Å²) in [7, 11) is 3.20. The Balaban J connectivity index is 1.67. The van der Waals surface area contributed by atoms with Gasteiger partial charge < -0.3 is 9.64 Å². The molecule has 10 heteroatoms. The number of nitrogens with one attached hydrogen (secondary N) is 1. The number of hydrogen-bond acceptors (Lipinski definition) is 5. The second kappa shape index (κ2) is 9.82. The zero-order valence-electron chi connectivity index (χ0n) is 17.3. The fourth-order valence-corrected chi connectivity index (χ4v) is 3.56. The zero-order valence-corrected chi connectivity index (χ0v) is 18.1. The number of alkyl halides is 3. The molecule has 2 aromatic carbocycles. The van der Waals surface area contributed by atoms with Crippen molar-refractivity contribution in [2.45, 2.75) is 12.6 Å². The summed E-state index contributed by atoms with van der Waals surface area (Å²) in [6.07, 6.45) is -2.64. The van der Waals surface area contributed by atoms with Gasteiger partial charge in [0.15, 0.2) is 11.7 Å². The number of nitrogens with zero attached hydrogens (tertiary/aromatic N) is 2. The molecule has 1 heterocycles. The Morgan fingerprint density at radius 2 is 1.88 bits per heavy atom. The van der Waals surface area contributed by atoms with Crippen molar-refractivity contribution in [3.63, 3.8) is 0 Å². The van der Waals surface area contributed by atoms with Crippen molar-refractivity contribution in [3.05, 3.63) is 76.3 Å². The third kappa shape index (κ3) is 6.07. The number of rotatable bonds is 7. The van der Waals surface area contributed by atoms with E-state index in [0.29, 0.717) is 15.6 Å². The number of ether oxygens (including phenoxy) is 1. The first-order valence-corrected chi connectivity index (χ1v) is 10.3. The van der Waals surface area contributed by atoms with E-state index in [-0.39, 0.29) is 30.2 Å². The summed E-state index contributed by atoms with van der Waals surface area (Å²) in [5, 5.41) is 2.97. The number of benzene rings is 2. The lowest BCUT2D eigenvalue weighted by atomic mass is 10.1. The average molecular weight is 463 g/mol. The SMILES string of the molecule is CN(C)C(=O)COc1ccccc1C(=O)Nc1ncc(Cc2cccc(C(F)(F)F)c2)s1. The molecule has 0 fully saturated rings. The predicted molar refractivity (Wildman–Crippen MR) is 115 cm³/mol. The molecule has 0 aliphatic heterocycles. The molecule has 2 amide bonds. The van der Waals surface area contributed by atoms with Crippen molar-refractivity contribution < 1.29 is 27.5 Å². The number of halogens is 3. The largest absolute Gasteiger partial charge is 0.483 e. The summed E-state index contributed by atoms with van der Waals surface area (Å²) in [5.41, 5.74) is 0.0109. The minimum atomic E-state index is -4.41. The topological polar surface area (TPSA) is 71.5 Å². The van der Waals surface area contributed by atoms with Gasteiger partial charge in [0.25, 0.3) is 11.8 Å². The van der Waals surface area contributed by atoms with Crippen LogP contribution < -0.4 is 10.1 Å². The highest BCUT2D eigenvalue weighted by Crippen LogP contribution is 2.31. The minimum absolute atomic E-state index is 0.213. The smallest absolute Gasteiger partial charge is 0.416 e. The normalized spacial score (nSPS) is 11.2. The van der Waals surface area contributed by atoms with E-state index in [4.69, 9.17) is 4.74 Å². The van der Waals surface area contributed by atoms with Gasteiger partial charge in [0.2, 0.25) is 0 Å². The minimum Gasteiger partial charge on any atom is -0.483 e. The van der Waals surface area contributed by atoms with E-state index < -0.39 is 17.6 Å². The van der Waals surface area contributed by atoms with E-state index in [1.807, 2.05) is 0 Å². The van der Waals surface area contributed by atoms with Crippen LogP contribution in [0.15, 0.2) is 54.7 Å². The first-order chi connectivity index (χ1) is 15.1. The Hall–Kier alpha value is -3.40. The van der Waals surface area contributed by atoms with Gasteiger partial charge in [-0.2, -0.15) is 13.2 Å². The van der Waals surface area contributed by atoms with Crippen LogP contribution in [0.1, 0.15) is 26.4 Å². The molecule has 1 aromatic heterocycles. The Morgan fingerprint density at radius 1 is 1.12 bits per heavy atom. The molecule has 0 saturated heterocycles. The molecule has 0 spiro atoms. The van der Waals surface area contributed by atoms with Crippen LogP contribution in [-0.4, -0.2) is 42.4 Å². The van der Waals surface area contributed by atoms with E-state index in [0.717, 1.165) is 12.1 Å². The standard InChI is InChI=1S/C22H20F3N3O3S/c1-28(2)19(29)13-31-18-9-4-3-8-17(18)20(30)27-21-26-12-16(32-21)11-14-6-5-7-15(10-14)22(23,24)25/h3-10,12H,11,13H2,1-2H3,(H,26,27,30). The van der Waals surface area contributed by atoms with E-state index in [9.17, 15) is 22.8 Å². The molecule has 0 radical (unpaired) electrons. The van der Waals surface area contributed by atoms with E-state index in [1.54, 1.807) is 44.4 Å². The number of aromatic nitrogens is 1. The number of anilines is 1. The summed E-state index contributed by atoms with van der Waals surface area (Å²) < 4.78 is 44.2. The second-order valence-corrected chi connectivity index (χ2v) is 8.15. The van der Waals surface area contributed by atoms with Gasteiger partial charge in [0.1, 0.15) is 5.75 Å². The number of likely N-dealkylation sites (N-methyl/N-ethyl adjacent to an activating group) is 1. The summed E-state index contributed by atoms with van der Waals surface area (Å²) in [6.45, 7) is -0.213. The molecule has 3 rings (SSSR count). The maximum absolute atomic E-state index is 12.9. The molecule has 0 saturated carbocycles. The van der Waals surface area contributed by atoms with Gasteiger partial charge in [0.05, 0.1) is 11.1 Å². The van der Waals surface area contributed by atoms with Crippen LogP contribution in [0.4, 0.5) is 18.3 Å². The van der Waals surface area contributed by atoms with E-state index in [1.165, 1.54) is 28.5 Å². The summed E-state index contributed by atoms with van der Waals surface area (Å²) in [6, 6.07) is 11.6. The van der Waals surface area contributed by atoms with Crippen molar-refractivity contribution in [1.29, 1.82) is 0 Å². The van der Waals surface area contributed by atoms with Crippen molar-refractivity contribution in [3.8, 4) is 5.75 Å². The summed E-state index contributed by atoms with van der Waals surface area (Å²) >= 11 is 1.17. The number of hydrogen-bond donors (Lipinski definition) is 1. The lowest BCUT2D eigenvalue weighted by molar-refractivity contribution is -0.137. The zero-order chi connectivity index (χ0) is 23.3. The number of thiazole rings is 1. The molecule has 0 atom stereocenters. The van der Waals surface area contributed by atoms with Crippen LogP contribution in [0.5, 0.6) is 5.75 Å². The molecule has 32 heavy (non-hydrogen) atoms. The molecular weight excluding hydrogens is 443 g/mol. The molecular formula is C22H20F3N3O3S. The molecule has 0 aliphatic rings. The molecule has 0 aliphatic carbocycles. The quantitative estimate of drug-likeness (QED) is 0.561. The van der Waals surface area contributed by atoms with Crippen LogP contribution in [0.25, 0.3) is 0 Å². The Morgan fingerprint density at radius 3 is 2.59 bits per heavy atom. The van der Waals surface area contributed by atoms with Gasteiger partial charge in [-0.25, -0.2) is 4.98 Å². The molecule has 1 N–H and O–H groups in total. The number of carbonyl (C=O) groups is 2. The van der Waals surface area contributed by atoms with Gasteiger partial charge in [-0.1, -0.05) is 30.3 Å². The monoisotopic (exact) mass is 463 g/mol. The first-order valence-electron chi connectivity index (χ1n) is 9.47. The molecule has 6 nitrogen and oxygen atoms in total. The van der Waals surface area contributed by atoms with Crippen LogP contribution in [-0.2, 0) is 17.4 Å². The van der Waals surface area contributed by atoms with Crippen molar-refractivity contribution >= 4 is 28.3 Å².